The summed E-state index contributed by atoms with van der Waals surface area (Å²) < 4.78 is 1.76. The van der Waals surface area contributed by atoms with Crippen molar-refractivity contribution in [1.82, 2.24) is 29.8 Å². The Balaban J connectivity index is 1.80. The van der Waals surface area contributed by atoms with Crippen molar-refractivity contribution in [2.45, 2.75) is 13.5 Å². The van der Waals surface area contributed by atoms with Crippen LogP contribution in [0.4, 0.5) is 0 Å². The second kappa shape index (κ2) is 4.38. The molecule has 6 nitrogen and oxygen atoms in total. The molecule has 0 aliphatic carbocycles. The van der Waals surface area contributed by atoms with Gasteiger partial charge < -0.3 is 5.32 Å². The van der Waals surface area contributed by atoms with E-state index in [9.17, 15) is 0 Å². The van der Waals surface area contributed by atoms with E-state index in [1.807, 2.05) is 19.3 Å². The Kier molecular flexibility index (Phi) is 2.74. The number of nitrogens with one attached hydrogen (secondary N) is 1. The number of rotatable bonds is 2. The van der Waals surface area contributed by atoms with Gasteiger partial charge in [-0.25, -0.2) is 9.50 Å². The molecule has 0 radical (unpaired) electrons. The Morgan fingerprint density at radius 2 is 2.18 bits per heavy atom. The summed E-state index contributed by atoms with van der Waals surface area (Å²) in [6.45, 7) is 7.02. The van der Waals surface area contributed by atoms with Gasteiger partial charge in [0.05, 0.1) is 6.54 Å². The van der Waals surface area contributed by atoms with E-state index in [4.69, 9.17) is 0 Å². The molecule has 0 spiro atoms. The Bertz CT molecular complexity index is 514. The maximum atomic E-state index is 4.45. The van der Waals surface area contributed by atoms with Gasteiger partial charge in [0.15, 0.2) is 5.82 Å². The van der Waals surface area contributed by atoms with E-state index in [1.54, 1.807) is 4.52 Å². The van der Waals surface area contributed by atoms with Crippen LogP contribution in [0.25, 0.3) is 5.78 Å². The first-order valence-electron chi connectivity index (χ1n) is 5.92. The lowest BCUT2D eigenvalue weighted by Gasteiger charge is -2.25. The third-order valence-corrected chi connectivity index (χ3v) is 2.94. The summed E-state index contributed by atoms with van der Waals surface area (Å²) in [5, 5.41) is 7.78. The van der Waals surface area contributed by atoms with E-state index in [-0.39, 0.29) is 0 Å². The van der Waals surface area contributed by atoms with Gasteiger partial charge in [-0.2, -0.15) is 4.98 Å². The van der Waals surface area contributed by atoms with E-state index in [2.05, 4.69) is 25.3 Å². The van der Waals surface area contributed by atoms with Crippen LogP contribution in [-0.2, 0) is 6.54 Å². The number of aromatic nitrogens is 4. The summed E-state index contributed by atoms with van der Waals surface area (Å²) in [4.78, 5) is 11.0. The lowest BCUT2D eigenvalue weighted by Crippen LogP contribution is -2.43. The van der Waals surface area contributed by atoms with Crippen molar-refractivity contribution in [3.05, 3.63) is 23.8 Å². The Labute approximate surface area is 99.7 Å². The van der Waals surface area contributed by atoms with Gasteiger partial charge in [-0.05, 0) is 12.5 Å². The molecule has 3 rings (SSSR count). The van der Waals surface area contributed by atoms with Crippen molar-refractivity contribution in [3.8, 4) is 0 Å². The highest BCUT2D eigenvalue weighted by atomic mass is 15.3. The average Bonchev–Trinajstić information content (AvgIpc) is 2.71. The van der Waals surface area contributed by atoms with Crippen molar-refractivity contribution < 1.29 is 0 Å². The first-order valence-corrected chi connectivity index (χ1v) is 5.92. The molecule has 0 unspecified atom stereocenters. The molecule has 2 aromatic rings. The first-order chi connectivity index (χ1) is 8.31. The van der Waals surface area contributed by atoms with Crippen LogP contribution in [0.1, 0.15) is 11.4 Å². The third kappa shape index (κ3) is 2.27. The summed E-state index contributed by atoms with van der Waals surface area (Å²) in [5.41, 5.74) is 1.09. The average molecular weight is 232 g/mol. The zero-order valence-electron chi connectivity index (χ0n) is 9.93. The number of hydrogen-bond donors (Lipinski definition) is 1. The summed E-state index contributed by atoms with van der Waals surface area (Å²) in [5.74, 6) is 1.53. The fourth-order valence-corrected chi connectivity index (χ4v) is 2.05. The van der Waals surface area contributed by atoms with Crippen LogP contribution in [-0.4, -0.2) is 50.7 Å². The molecular weight excluding hydrogens is 216 g/mol. The topological polar surface area (TPSA) is 58.4 Å². The lowest BCUT2D eigenvalue weighted by molar-refractivity contribution is 0.228. The van der Waals surface area contributed by atoms with Crippen molar-refractivity contribution >= 4 is 5.78 Å². The minimum absolute atomic E-state index is 0.681. The number of hydrogen-bond acceptors (Lipinski definition) is 5. The molecule has 17 heavy (non-hydrogen) atoms. The van der Waals surface area contributed by atoms with Crippen LogP contribution in [0.3, 0.4) is 0 Å². The fourth-order valence-electron chi connectivity index (χ4n) is 2.05. The zero-order valence-corrected chi connectivity index (χ0v) is 9.93. The van der Waals surface area contributed by atoms with Crippen molar-refractivity contribution in [2.24, 2.45) is 0 Å². The minimum Gasteiger partial charge on any atom is -0.314 e. The summed E-state index contributed by atoms with van der Waals surface area (Å²) >= 11 is 0. The smallest absolute Gasteiger partial charge is 0.252 e. The van der Waals surface area contributed by atoms with Crippen LogP contribution >= 0.6 is 0 Å². The number of nitrogens with zero attached hydrogens (tertiary/aromatic N) is 5. The lowest BCUT2D eigenvalue weighted by atomic mass is 10.3. The molecule has 0 bridgehead atoms. The highest BCUT2D eigenvalue weighted by molar-refractivity contribution is 5.27. The van der Waals surface area contributed by atoms with Crippen molar-refractivity contribution in [3.63, 3.8) is 0 Å². The summed E-state index contributed by atoms with van der Waals surface area (Å²) in [6, 6.07) is 0. The molecule has 0 amide bonds. The first kappa shape index (κ1) is 10.6. The highest BCUT2D eigenvalue weighted by Crippen LogP contribution is 2.04. The van der Waals surface area contributed by atoms with Crippen LogP contribution in [0.2, 0.25) is 0 Å². The van der Waals surface area contributed by atoms with Gasteiger partial charge in [0.25, 0.3) is 5.78 Å². The molecule has 2 aromatic heterocycles. The normalized spacial score (nSPS) is 17.7. The molecule has 1 fully saturated rings. The molecule has 90 valence electrons. The van der Waals surface area contributed by atoms with Gasteiger partial charge in [-0.1, -0.05) is 0 Å². The Morgan fingerprint density at radius 1 is 1.35 bits per heavy atom. The third-order valence-electron chi connectivity index (χ3n) is 2.94. The van der Waals surface area contributed by atoms with Gasteiger partial charge >= 0.3 is 0 Å². The molecule has 0 atom stereocenters. The van der Waals surface area contributed by atoms with Crippen LogP contribution in [0.5, 0.6) is 0 Å². The SMILES string of the molecule is Cc1cnc2nc(CN3CCNCC3)nn2c1. The van der Waals surface area contributed by atoms with Crippen molar-refractivity contribution in [1.29, 1.82) is 0 Å². The standard InChI is InChI=1S/C11H16N6/c1-9-6-13-11-14-10(15-17(11)7-9)8-16-4-2-12-3-5-16/h6-7,12H,2-5,8H2,1H3. The molecule has 1 aliphatic rings. The van der Waals surface area contributed by atoms with Crippen molar-refractivity contribution in [2.75, 3.05) is 26.2 Å². The molecule has 3 heterocycles. The largest absolute Gasteiger partial charge is 0.314 e. The van der Waals surface area contributed by atoms with Gasteiger partial charge in [-0.15, -0.1) is 5.10 Å². The monoisotopic (exact) mass is 232 g/mol. The van der Waals surface area contributed by atoms with Crippen LogP contribution in [0.15, 0.2) is 12.4 Å². The molecule has 6 heteroatoms. The van der Waals surface area contributed by atoms with Gasteiger partial charge in [-0.3, -0.25) is 4.90 Å². The molecule has 0 aromatic carbocycles. The highest BCUT2D eigenvalue weighted by Gasteiger charge is 2.13. The number of aryl methyl sites for hydroxylation is 1. The van der Waals surface area contributed by atoms with E-state index >= 15 is 0 Å². The Hall–Kier alpha value is -1.53. The maximum Gasteiger partial charge on any atom is 0.252 e. The second-order valence-electron chi connectivity index (χ2n) is 4.43. The quantitative estimate of drug-likeness (QED) is 0.779. The fraction of sp³-hybridized carbons (Fsp3) is 0.545. The molecular formula is C11H16N6. The minimum atomic E-state index is 0.681. The molecule has 1 N–H and O–H groups in total. The van der Waals surface area contributed by atoms with Gasteiger partial charge in [0, 0.05) is 38.6 Å². The zero-order chi connectivity index (χ0) is 11.7. The molecule has 1 aliphatic heterocycles. The summed E-state index contributed by atoms with van der Waals surface area (Å²) in [7, 11) is 0. The van der Waals surface area contributed by atoms with Crippen LogP contribution < -0.4 is 5.32 Å². The maximum absolute atomic E-state index is 4.45. The molecule has 1 saturated heterocycles. The predicted molar refractivity (Wildman–Crippen MR) is 63.7 cm³/mol. The molecule has 0 saturated carbocycles. The van der Waals surface area contributed by atoms with E-state index in [1.165, 1.54) is 0 Å². The van der Waals surface area contributed by atoms with Gasteiger partial charge in [0.2, 0.25) is 0 Å². The summed E-state index contributed by atoms with van der Waals surface area (Å²) in [6.07, 6.45) is 3.77. The van der Waals surface area contributed by atoms with E-state index in [0.717, 1.165) is 44.1 Å². The van der Waals surface area contributed by atoms with Gasteiger partial charge in [0.1, 0.15) is 0 Å². The second-order valence-corrected chi connectivity index (χ2v) is 4.43. The predicted octanol–water partition coefficient (Wildman–Crippen LogP) is -0.162. The number of fused-ring (bicyclic) bond motifs is 1. The van der Waals surface area contributed by atoms with E-state index in [0.29, 0.717) is 5.78 Å². The van der Waals surface area contributed by atoms with E-state index < -0.39 is 0 Å². The Morgan fingerprint density at radius 3 is 3.00 bits per heavy atom. The van der Waals surface area contributed by atoms with Crippen LogP contribution in [0, 0.1) is 6.92 Å². The number of piperazine rings is 1.